The molecule has 1 aliphatic carbocycles. The molecule has 0 bridgehead atoms. The molecule has 0 aromatic carbocycles. The van der Waals surface area contributed by atoms with E-state index in [1.807, 2.05) is 19.1 Å². The molecule has 0 N–H and O–H groups in total. The maximum absolute atomic E-state index is 10.3. The summed E-state index contributed by atoms with van der Waals surface area (Å²) in [6.07, 6.45) is 14.6. The van der Waals surface area contributed by atoms with Crippen molar-refractivity contribution in [2.75, 3.05) is 0 Å². The van der Waals surface area contributed by atoms with Crippen LogP contribution in [0.5, 0.6) is 0 Å². The first kappa shape index (κ1) is 18.1. The average molecular weight is 301 g/mol. The maximum atomic E-state index is 10.3. The fourth-order valence-electron chi connectivity index (χ4n) is 2.84. The van der Waals surface area contributed by atoms with Crippen LogP contribution in [0.4, 0.5) is 0 Å². The Balaban J connectivity index is 2.79. The van der Waals surface area contributed by atoms with Crippen LogP contribution < -0.4 is 0 Å². The highest BCUT2D eigenvalue weighted by atomic mass is 16.6. The molecule has 0 aromatic heterocycles. The highest BCUT2D eigenvalue weighted by Gasteiger charge is 2.26. The van der Waals surface area contributed by atoms with Crippen LogP contribution in [-0.4, -0.2) is 4.92 Å². The van der Waals surface area contributed by atoms with E-state index in [4.69, 9.17) is 0 Å². The normalized spacial score (nSPS) is 20.2. The van der Waals surface area contributed by atoms with Gasteiger partial charge >= 0.3 is 0 Å². The minimum atomic E-state index is -0.434. The largest absolute Gasteiger partial charge is 0.259 e. The Hall–Kier alpha value is -1.90. The summed E-state index contributed by atoms with van der Waals surface area (Å²) in [7, 11) is 0. The molecule has 3 heteroatoms. The van der Waals surface area contributed by atoms with E-state index in [9.17, 15) is 10.1 Å². The van der Waals surface area contributed by atoms with Crippen molar-refractivity contribution in [3.8, 4) is 0 Å². The summed E-state index contributed by atoms with van der Waals surface area (Å²) in [6, 6.07) is 0. The third-order valence-corrected chi connectivity index (χ3v) is 4.08. The number of nitrogens with zero attached hydrogens (tertiary/aromatic N) is 1. The summed E-state index contributed by atoms with van der Waals surface area (Å²) in [5.41, 5.74) is 4.94. The summed E-state index contributed by atoms with van der Waals surface area (Å²) in [4.78, 5) is 9.91. The Kier molecular flexibility index (Phi) is 6.54. The Bertz CT molecular complexity index is 572. The molecule has 0 unspecified atom stereocenters. The smallest absolute Gasteiger partial charge is 0.237 e. The zero-order valence-corrected chi connectivity index (χ0v) is 14.3. The van der Waals surface area contributed by atoms with Crippen LogP contribution in [0.15, 0.2) is 58.9 Å². The standard InChI is InChI=1S/C19H27NO2/c1-15(8-6-9-16(2)14-20(21)22)11-12-18-17(3)10-7-13-19(18,4)5/h6,8-9,11-12,14H,7,10,13H2,1-5H3/b9-6+,12-11+,15-8+,16-14-. The van der Waals surface area contributed by atoms with Crippen LogP contribution in [0.2, 0.25) is 0 Å². The first-order valence-corrected chi connectivity index (χ1v) is 7.77. The zero-order valence-electron chi connectivity index (χ0n) is 14.3. The monoisotopic (exact) mass is 301 g/mol. The van der Waals surface area contributed by atoms with Gasteiger partial charge in [-0.15, -0.1) is 0 Å². The summed E-state index contributed by atoms with van der Waals surface area (Å²) in [5, 5.41) is 10.3. The summed E-state index contributed by atoms with van der Waals surface area (Å²) in [6.45, 7) is 10.6. The van der Waals surface area contributed by atoms with Gasteiger partial charge in [-0.25, -0.2) is 0 Å². The van der Waals surface area contributed by atoms with Crippen LogP contribution in [0.25, 0.3) is 0 Å². The molecule has 120 valence electrons. The molecule has 0 saturated heterocycles. The molecule has 0 fully saturated rings. The third-order valence-electron chi connectivity index (χ3n) is 4.08. The minimum absolute atomic E-state index is 0.250. The highest BCUT2D eigenvalue weighted by molar-refractivity contribution is 5.37. The van der Waals surface area contributed by atoms with Crippen molar-refractivity contribution < 1.29 is 4.92 Å². The molecule has 0 aliphatic heterocycles. The Morgan fingerprint density at radius 2 is 1.91 bits per heavy atom. The summed E-state index contributed by atoms with van der Waals surface area (Å²) >= 11 is 0. The van der Waals surface area contributed by atoms with Crippen molar-refractivity contribution in [2.45, 2.75) is 53.9 Å². The van der Waals surface area contributed by atoms with Crippen molar-refractivity contribution in [3.63, 3.8) is 0 Å². The number of rotatable bonds is 5. The lowest BCUT2D eigenvalue weighted by Crippen LogP contribution is -2.19. The minimum Gasteiger partial charge on any atom is -0.259 e. The zero-order chi connectivity index (χ0) is 16.8. The molecule has 22 heavy (non-hydrogen) atoms. The predicted molar refractivity (Wildman–Crippen MR) is 93.1 cm³/mol. The number of allylic oxidation sites excluding steroid dienone is 9. The van der Waals surface area contributed by atoms with Gasteiger partial charge in [0.25, 0.3) is 0 Å². The van der Waals surface area contributed by atoms with Crippen molar-refractivity contribution in [1.82, 2.24) is 0 Å². The molecule has 0 amide bonds. The molecular weight excluding hydrogens is 274 g/mol. The highest BCUT2D eigenvalue weighted by Crippen LogP contribution is 2.40. The first-order chi connectivity index (χ1) is 10.2. The molecule has 0 aromatic rings. The van der Waals surface area contributed by atoms with Gasteiger partial charge in [-0.2, -0.15) is 0 Å². The summed E-state index contributed by atoms with van der Waals surface area (Å²) < 4.78 is 0. The Morgan fingerprint density at radius 1 is 1.23 bits per heavy atom. The van der Waals surface area contributed by atoms with Gasteiger partial charge in [0.05, 0.1) is 4.92 Å². The Morgan fingerprint density at radius 3 is 2.50 bits per heavy atom. The van der Waals surface area contributed by atoms with E-state index in [2.05, 4.69) is 32.9 Å². The topological polar surface area (TPSA) is 43.1 Å². The van der Waals surface area contributed by atoms with E-state index in [1.54, 1.807) is 13.0 Å². The van der Waals surface area contributed by atoms with Crippen molar-refractivity contribution in [1.29, 1.82) is 0 Å². The van der Waals surface area contributed by atoms with Gasteiger partial charge in [0.1, 0.15) is 0 Å². The van der Waals surface area contributed by atoms with E-state index in [0.717, 1.165) is 11.8 Å². The quantitative estimate of drug-likeness (QED) is 0.368. The molecular formula is C19H27NO2. The predicted octanol–water partition coefficient (Wildman–Crippen LogP) is 5.75. The lowest BCUT2D eigenvalue weighted by molar-refractivity contribution is -0.403. The van der Waals surface area contributed by atoms with Gasteiger partial charge in [0.2, 0.25) is 6.20 Å². The van der Waals surface area contributed by atoms with Gasteiger partial charge in [-0.05, 0) is 51.0 Å². The average Bonchev–Trinajstić information content (AvgIpc) is 2.36. The second-order valence-electron chi connectivity index (χ2n) is 6.69. The number of hydrogen-bond donors (Lipinski definition) is 0. The van der Waals surface area contributed by atoms with E-state index >= 15 is 0 Å². The fraction of sp³-hybridized carbons (Fsp3) is 0.474. The van der Waals surface area contributed by atoms with Crippen LogP contribution in [0, 0.1) is 15.5 Å². The van der Waals surface area contributed by atoms with Gasteiger partial charge in [-0.3, -0.25) is 10.1 Å². The van der Waals surface area contributed by atoms with E-state index in [-0.39, 0.29) is 5.41 Å². The second kappa shape index (κ2) is 7.92. The number of hydrogen-bond acceptors (Lipinski definition) is 2. The fourth-order valence-corrected chi connectivity index (χ4v) is 2.84. The van der Waals surface area contributed by atoms with Crippen molar-refractivity contribution in [2.24, 2.45) is 5.41 Å². The summed E-state index contributed by atoms with van der Waals surface area (Å²) in [5.74, 6) is 0. The molecule has 0 spiro atoms. The molecule has 1 rings (SSSR count). The number of nitro groups is 1. The van der Waals surface area contributed by atoms with E-state index in [0.29, 0.717) is 5.57 Å². The van der Waals surface area contributed by atoms with Gasteiger partial charge in [0.15, 0.2) is 0 Å². The van der Waals surface area contributed by atoms with Crippen LogP contribution in [-0.2, 0) is 0 Å². The molecule has 1 aliphatic rings. The lowest BCUT2D eigenvalue weighted by Gasteiger charge is -2.32. The third kappa shape index (κ3) is 5.84. The molecule has 0 radical (unpaired) electrons. The molecule has 0 saturated carbocycles. The van der Waals surface area contributed by atoms with Gasteiger partial charge in [0, 0.05) is 5.57 Å². The maximum Gasteiger partial charge on any atom is 0.237 e. The van der Waals surface area contributed by atoms with Crippen molar-refractivity contribution in [3.05, 3.63) is 69.0 Å². The van der Waals surface area contributed by atoms with Crippen LogP contribution in [0.1, 0.15) is 53.9 Å². The van der Waals surface area contributed by atoms with Gasteiger partial charge < -0.3 is 0 Å². The van der Waals surface area contributed by atoms with Crippen LogP contribution >= 0.6 is 0 Å². The van der Waals surface area contributed by atoms with E-state index in [1.165, 1.54) is 30.4 Å². The molecule has 0 atom stereocenters. The lowest BCUT2D eigenvalue weighted by atomic mass is 9.72. The van der Waals surface area contributed by atoms with Crippen molar-refractivity contribution >= 4 is 0 Å². The second-order valence-corrected chi connectivity index (χ2v) is 6.69. The SMILES string of the molecule is CC1=C(/C=C/C(C)=C/C=C/C(C)=C\[N+](=O)[O-])C(C)(C)CCC1. The van der Waals surface area contributed by atoms with E-state index < -0.39 is 4.92 Å². The molecule has 3 nitrogen and oxygen atoms in total. The Labute approximate surface area is 134 Å². The van der Waals surface area contributed by atoms with Crippen LogP contribution in [0.3, 0.4) is 0 Å². The molecule has 0 heterocycles. The van der Waals surface area contributed by atoms with Gasteiger partial charge in [-0.1, -0.05) is 55.4 Å². The first-order valence-electron chi connectivity index (χ1n) is 7.77.